The molecule has 1 aromatic rings. The van der Waals surface area contributed by atoms with Crippen LogP contribution in [0.2, 0.25) is 0 Å². The van der Waals surface area contributed by atoms with E-state index in [-0.39, 0.29) is 0 Å². The summed E-state index contributed by atoms with van der Waals surface area (Å²) in [7, 11) is 0. The second kappa shape index (κ2) is 5.22. The third kappa shape index (κ3) is 3.32. The van der Waals surface area contributed by atoms with Gasteiger partial charge < -0.3 is 5.32 Å². The number of benzene rings is 1. The first kappa shape index (κ1) is 12.6. The van der Waals surface area contributed by atoms with Crippen LogP contribution < -0.4 is 5.32 Å². The van der Waals surface area contributed by atoms with Gasteiger partial charge in [0.2, 0.25) is 0 Å². The predicted molar refractivity (Wildman–Crippen MR) is 74.4 cm³/mol. The van der Waals surface area contributed by atoms with E-state index in [2.05, 4.69) is 50.4 Å². The molecule has 0 amide bonds. The maximum atomic E-state index is 3.53. The Bertz CT molecular complexity index is 344. The average molecular weight is 231 g/mol. The van der Waals surface area contributed by atoms with Crippen molar-refractivity contribution in [2.24, 2.45) is 5.41 Å². The van der Waals surface area contributed by atoms with Crippen LogP contribution >= 0.6 is 0 Å². The molecule has 0 aliphatic carbocycles. The number of hydrogen-bond donors (Lipinski definition) is 1. The molecule has 0 bridgehead atoms. The third-order valence-corrected chi connectivity index (χ3v) is 3.96. The quantitative estimate of drug-likeness (QED) is 0.835. The van der Waals surface area contributed by atoms with Crippen LogP contribution in [0.3, 0.4) is 0 Å². The van der Waals surface area contributed by atoms with Crippen molar-refractivity contribution < 1.29 is 0 Å². The van der Waals surface area contributed by atoms with Gasteiger partial charge in [0, 0.05) is 6.54 Å². The fraction of sp³-hybridized carbons (Fsp3) is 0.625. The van der Waals surface area contributed by atoms with Crippen LogP contribution in [0.1, 0.15) is 50.7 Å². The summed E-state index contributed by atoms with van der Waals surface area (Å²) in [4.78, 5) is 0. The van der Waals surface area contributed by atoms with Crippen molar-refractivity contribution in [2.45, 2.75) is 46.0 Å². The molecule has 1 atom stereocenters. The zero-order chi connectivity index (χ0) is 12.3. The van der Waals surface area contributed by atoms with Gasteiger partial charge in [0.1, 0.15) is 0 Å². The van der Waals surface area contributed by atoms with Crippen molar-refractivity contribution in [3.63, 3.8) is 0 Å². The average Bonchev–Trinajstić information content (AvgIpc) is 2.30. The smallest absolute Gasteiger partial charge is 0.000835 e. The monoisotopic (exact) mass is 231 g/mol. The van der Waals surface area contributed by atoms with Crippen LogP contribution in [0.5, 0.6) is 0 Å². The van der Waals surface area contributed by atoms with Gasteiger partial charge in [-0.2, -0.15) is 0 Å². The Balaban J connectivity index is 2.03. The maximum absolute atomic E-state index is 3.53. The number of nitrogens with one attached hydrogen (secondary N) is 1. The van der Waals surface area contributed by atoms with Crippen LogP contribution in [-0.2, 0) is 6.42 Å². The van der Waals surface area contributed by atoms with Gasteiger partial charge in [-0.3, -0.25) is 0 Å². The van der Waals surface area contributed by atoms with Crippen molar-refractivity contribution in [2.75, 3.05) is 13.1 Å². The van der Waals surface area contributed by atoms with Gasteiger partial charge in [-0.1, -0.05) is 45.0 Å². The lowest BCUT2D eigenvalue weighted by molar-refractivity contribution is 0.234. The van der Waals surface area contributed by atoms with Crippen molar-refractivity contribution in [3.05, 3.63) is 35.4 Å². The molecule has 0 aromatic heterocycles. The topological polar surface area (TPSA) is 12.0 Å². The predicted octanol–water partition coefficient (Wildman–Crippen LogP) is 3.74. The van der Waals surface area contributed by atoms with E-state index in [9.17, 15) is 0 Å². The Morgan fingerprint density at radius 1 is 1.24 bits per heavy atom. The van der Waals surface area contributed by atoms with Crippen LogP contribution in [0.15, 0.2) is 24.3 Å². The Hall–Kier alpha value is -0.820. The fourth-order valence-electron chi connectivity index (χ4n) is 2.78. The van der Waals surface area contributed by atoms with E-state index in [1.165, 1.54) is 43.5 Å². The summed E-state index contributed by atoms with van der Waals surface area (Å²) >= 11 is 0. The summed E-state index contributed by atoms with van der Waals surface area (Å²) in [5, 5.41) is 3.53. The first-order valence-corrected chi connectivity index (χ1v) is 6.89. The summed E-state index contributed by atoms with van der Waals surface area (Å²) in [5.74, 6) is 0.635. The maximum Gasteiger partial charge on any atom is 0.000835 e. The summed E-state index contributed by atoms with van der Waals surface area (Å²) in [6, 6.07) is 9.21. The molecule has 1 aromatic carbocycles. The highest BCUT2D eigenvalue weighted by Gasteiger charge is 2.26. The summed E-state index contributed by atoms with van der Waals surface area (Å²) in [6.07, 6.45) is 3.88. The van der Waals surface area contributed by atoms with E-state index < -0.39 is 0 Å². The van der Waals surface area contributed by atoms with Gasteiger partial charge in [0.15, 0.2) is 0 Å². The normalized spacial score (nSPS) is 25.2. The molecule has 0 radical (unpaired) electrons. The number of piperidine rings is 1. The molecular formula is C16H25N. The molecule has 1 fully saturated rings. The Morgan fingerprint density at radius 3 is 2.47 bits per heavy atom. The van der Waals surface area contributed by atoms with Gasteiger partial charge in [-0.25, -0.2) is 0 Å². The Morgan fingerprint density at radius 2 is 1.94 bits per heavy atom. The van der Waals surface area contributed by atoms with Gasteiger partial charge in [0.25, 0.3) is 0 Å². The summed E-state index contributed by atoms with van der Waals surface area (Å²) in [5.41, 5.74) is 3.39. The zero-order valence-electron chi connectivity index (χ0n) is 11.4. The van der Waals surface area contributed by atoms with Crippen molar-refractivity contribution in [1.29, 1.82) is 0 Å². The number of hydrogen-bond acceptors (Lipinski definition) is 1. The number of rotatable bonds is 3. The van der Waals surface area contributed by atoms with Crippen LogP contribution in [-0.4, -0.2) is 13.1 Å². The van der Waals surface area contributed by atoms with E-state index in [0.29, 0.717) is 11.3 Å². The highest BCUT2D eigenvalue weighted by Crippen LogP contribution is 2.30. The molecule has 1 nitrogen and oxygen atoms in total. The van der Waals surface area contributed by atoms with Gasteiger partial charge in [0.05, 0.1) is 0 Å². The van der Waals surface area contributed by atoms with Crippen LogP contribution in [0.25, 0.3) is 0 Å². The second-order valence-electron chi connectivity index (χ2n) is 6.16. The standard InChI is InChI=1S/C16H25N/c1-13(2)15-7-5-14(6-8-15)11-16(3)9-4-10-17-12-16/h5-8,13,17H,4,9-12H2,1-3H3. The molecule has 1 heteroatoms. The van der Waals surface area contributed by atoms with E-state index in [1.54, 1.807) is 0 Å². The fourth-order valence-corrected chi connectivity index (χ4v) is 2.78. The van der Waals surface area contributed by atoms with Gasteiger partial charge in [-0.05, 0) is 48.3 Å². The molecule has 1 heterocycles. The Labute approximate surface area is 106 Å². The first-order chi connectivity index (χ1) is 8.09. The van der Waals surface area contributed by atoms with Crippen molar-refractivity contribution in [3.8, 4) is 0 Å². The largest absolute Gasteiger partial charge is 0.316 e. The van der Waals surface area contributed by atoms with Crippen molar-refractivity contribution in [1.82, 2.24) is 5.32 Å². The molecule has 1 N–H and O–H groups in total. The molecule has 0 spiro atoms. The van der Waals surface area contributed by atoms with Gasteiger partial charge >= 0.3 is 0 Å². The first-order valence-electron chi connectivity index (χ1n) is 6.89. The van der Waals surface area contributed by atoms with Crippen LogP contribution in [0.4, 0.5) is 0 Å². The molecular weight excluding hydrogens is 206 g/mol. The minimum atomic E-state index is 0.456. The van der Waals surface area contributed by atoms with E-state index >= 15 is 0 Å². The lowest BCUT2D eigenvalue weighted by Crippen LogP contribution is -2.39. The van der Waals surface area contributed by atoms with E-state index in [1.807, 2.05) is 0 Å². The summed E-state index contributed by atoms with van der Waals surface area (Å²) < 4.78 is 0. The molecule has 17 heavy (non-hydrogen) atoms. The van der Waals surface area contributed by atoms with Gasteiger partial charge in [-0.15, -0.1) is 0 Å². The Kier molecular flexibility index (Phi) is 3.88. The third-order valence-electron chi connectivity index (χ3n) is 3.96. The molecule has 1 unspecified atom stereocenters. The molecule has 1 saturated heterocycles. The lowest BCUT2D eigenvalue weighted by atomic mass is 9.77. The highest BCUT2D eigenvalue weighted by molar-refractivity contribution is 5.25. The molecule has 0 saturated carbocycles. The molecule has 1 aliphatic rings. The van der Waals surface area contributed by atoms with E-state index in [4.69, 9.17) is 0 Å². The summed E-state index contributed by atoms with van der Waals surface area (Å²) in [6.45, 7) is 9.28. The minimum absolute atomic E-state index is 0.456. The zero-order valence-corrected chi connectivity index (χ0v) is 11.4. The molecule has 2 rings (SSSR count). The highest BCUT2D eigenvalue weighted by atomic mass is 14.9. The van der Waals surface area contributed by atoms with Crippen molar-refractivity contribution >= 4 is 0 Å². The van der Waals surface area contributed by atoms with E-state index in [0.717, 1.165) is 0 Å². The second-order valence-corrected chi connectivity index (χ2v) is 6.16. The lowest BCUT2D eigenvalue weighted by Gasteiger charge is -2.34. The minimum Gasteiger partial charge on any atom is -0.316 e. The molecule has 94 valence electrons. The molecule has 1 aliphatic heterocycles. The van der Waals surface area contributed by atoms with Crippen LogP contribution in [0, 0.1) is 5.41 Å². The SMILES string of the molecule is CC(C)c1ccc(CC2(C)CCCNC2)cc1.